The first kappa shape index (κ1) is 17.5. The van der Waals surface area contributed by atoms with E-state index in [4.69, 9.17) is 0 Å². The van der Waals surface area contributed by atoms with E-state index < -0.39 is 5.41 Å². The van der Waals surface area contributed by atoms with E-state index in [-0.39, 0.29) is 0 Å². The van der Waals surface area contributed by atoms with Gasteiger partial charge in [-0.2, -0.15) is 5.26 Å². The van der Waals surface area contributed by atoms with Crippen LogP contribution in [0.2, 0.25) is 0 Å². The predicted octanol–water partition coefficient (Wildman–Crippen LogP) is 6.98. The van der Waals surface area contributed by atoms with E-state index in [2.05, 4.69) is 103 Å². The molecule has 5 aromatic rings. The van der Waals surface area contributed by atoms with Crippen LogP contribution in [0.15, 0.2) is 103 Å². The molecule has 0 unspecified atom stereocenters. The zero-order valence-electron chi connectivity index (χ0n) is 17.5. The molecule has 0 heterocycles. The number of hydrogen-bond donors (Lipinski definition) is 0. The predicted molar refractivity (Wildman–Crippen MR) is 129 cm³/mol. The Kier molecular flexibility index (Phi) is 3.39. The first-order chi connectivity index (χ1) is 15.9. The lowest BCUT2D eigenvalue weighted by Gasteiger charge is -2.40. The molecule has 0 saturated carbocycles. The molecule has 0 aromatic heterocycles. The van der Waals surface area contributed by atoms with Crippen LogP contribution in [0.1, 0.15) is 38.9 Å². The van der Waals surface area contributed by atoms with E-state index in [0.29, 0.717) is 0 Å². The zero-order chi connectivity index (χ0) is 21.3. The molecule has 1 atom stereocenters. The average molecular weight is 406 g/mol. The highest BCUT2D eigenvalue weighted by Gasteiger charge is 2.51. The van der Waals surface area contributed by atoms with Gasteiger partial charge in [-0.1, -0.05) is 103 Å². The summed E-state index contributed by atoms with van der Waals surface area (Å²) in [5, 5.41) is 12.6. The highest BCUT2D eigenvalue weighted by Crippen LogP contribution is 2.62. The van der Waals surface area contributed by atoms with Crippen LogP contribution in [-0.2, 0) is 11.8 Å². The van der Waals surface area contributed by atoms with Gasteiger partial charge in [0.05, 0.1) is 11.0 Å². The standard InChI is InChI=1S/C31H19N/c32-19-26-23-14-6-5-13-22(23)25-18-20-10-4-8-16-27(20)31(21-11-2-1-3-12-21)28-17-9-7-15-24(28)29(26)30(25)31/h1-17H,18H2/t31-/m0/s1. The van der Waals surface area contributed by atoms with E-state index in [0.717, 1.165) is 22.9 Å². The van der Waals surface area contributed by atoms with Crippen molar-refractivity contribution in [3.05, 3.63) is 142 Å². The Hall–Kier alpha value is -4.15. The number of hydrogen-bond acceptors (Lipinski definition) is 1. The third kappa shape index (κ3) is 1.93. The summed E-state index contributed by atoms with van der Waals surface area (Å²) in [6, 6.07) is 39.5. The molecular weight excluding hydrogens is 386 g/mol. The van der Waals surface area contributed by atoms with Gasteiger partial charge in [0.1, 0.15) is 6.07 Å². The van der Waals surface area contributed by atoms with Gasteiger partial charge in [-0.3, -0.25) is 0 Å². The summed E-state index contributed by atoms with van der Waals surface area (Å²) in [4.78, 5) is 0. The molecule has 0 bridgehead atoms. The molecule has 5 aromatic carbocycles. The quantitative estimate of drug-likeness (QED) is 0.289. The van der Waals surface area contributed by atoms with Gasteiger partial charge in [-0.25, -0.2) is 0 Å². The molecule has 7 rings (SSSR count). The molecule has 0 amide bonds. The van der Waals surface area contributed by atoms with Crippen LogP contribution in [0.25, 0.3) is 21.9 Å². The second-order valence-corrected chi connectivity index (χ2v) is 8.76. The number of fused-ring (bicyclic) bond motifs is 7. The Morgan fingerprint density at radius 2 is 1.31 bits per heavy atom. The van der Waals surface area contributed by atoms with Crippen LogP contribution in [0.5, 0.6) is 0 Å². The third-order valence-electron chi connectivity index (χ3n) is 7.41. The molecular formula is C31H19N. The third-order valence-corrected chi connectivity index (χ3v) is 7.41. The largest absolute Gasteiger partial charge is 0.192 e. The van der Waals surface area contributed by atoms with Crippen molar-refractivity contribution in [2.75, 3.05) is 0 Å². The summed E-state index contributed by atoms with van der Waals surface area (Å²) >= 11 is 0. The van der Waals surface area contributed by atoms with E-state index in [1.165, 1.54) is 44.3 Å². The minimum Gasteiger partial charge on any atom is -0.192 e. The summed E-state index contributed by atoms with van der Waals surface area (Å²) < 4.78 is 0. The van der Waals surface area contributed by atoms with Crippen molar-refractivity contribution in [1.82, 2.24) is 0 Å². The fourth-order valence-electron chi connectivity index (χ4n) is 6.31. The normalized spacial score (nSPS) is 17.3. The van der Waals surface area contributed by atoms with Gasteiger partial charge in [-0.15, -0.1) is 0 Å². The van der Waals surface area contributed by atoms with E-state index in [1.807, 2.05) is 6.07 Å². The van der Waals surface area contributed by atoms with Crippen LogP contribution in [0.4, 0.5) is 0 Å². The van der Waals surface area contributed by atoms with Gasteiger partial charge in [0.2, 0.25) is 0 Å². The lowest BCUT2D eigenvalue weighted by atomic mass is 9.61. The molecule has 0 saturated heterocycles. The highest BCUT2D eigenvalue weighted by atomic mass is 14.5. The maximum atomic E-state index is 10.4. The number of rotatable bonds is 1. The summed E-state index contributed by atoms with van der Waals surface area (Å²) in [5.41, 5.74) is 10.6. The molecule has 1 nitrogen and oxygen atoms in total. The second kappa shape index (κ2) is 6.19. The van der Waals surface area contributed by atoms with Crippen molar-refractivity contribution < 1.29 is 0 Å². The number of benzene rings is 5. The molecule has 148 valence electrons. The molecule has 2 aliphatic rings. The molecule has 32 heavy (non-hydrogen) atoms. The summed E-state index contributed by atoms with van der Waals surface area (Å²) in [7, 11) is 0. The van der Waals surface area contributed by atoms with Gasteiger partial charge in [0, 0.05) is 10.9 Å². The molecule has 0 aliphatic heterocycles. The molecule has 1 heteroatoms. The summed E-state index contributed by atoms with van der Waals surface area (Å²) in [5.74, 6) is 0. The van der Waals surface area contributed by atoms with Gasteiger partial charge < -0.3 is 0 Å². The van der Waals surface area contributed by atoms with Gasteiger partial charge in [0.25, 0.3) is 0 Å². The van der Waals surface area contributed by atoms with Crippen LogP contribution >= 0.6 is 0 Å². The van der Waals surface area contributed by atoms with Crippen LogP contribution in [0, 0.1) is 11.3 Å². The molecule has 0 N–H and O–H groups in total. The topological polar surface area (TPSA) is 23.8 Å². The monoisotopic (exact) mass is 405 g/mol. The SMILES string of the molecule is N#Cc1c2c3c(c4ccccc14)Cc1ccccc1[C@@]3(c1ccccc1)c1ccccc1-2. The molecule has 2 aliphatic carbocycles. The Labute approximate surface area is 187 Å². The minimum absolute atomic E-state index is 0.410. The first-order valence-electron chi connectivity index (χ1n) is 11.1. The zero-order valence-corrected chi connectivity index (χ0v) is 17.5. The summed E-state index contributed by atoms with van der Waals surface area (Å²) in [6.45, 7) is 0. The van der Waals surface area contributed by atoms with Gasteiger partial charge in [0.15, 0.2) is 0 Å². The van der Waals surface area contributed by atoms with Crippen molar-refractivity contribution in [1.29, 1.82) is 5.26 Å². The Balaban J connectivity index is 1.81. The smallest absolute Gasteiger partial charge is 0.100 e. The fraction of sp³-hybridized carbons (Fsp3) is 0.0645. The Bertz CT molecular complexity index is 1600. The first-order valence-corrected chi connectivity index (χ1v) is 11.1. The number of nitrogens with zero attached hydrogens (tertiary/aromatic N) is 1. The maximum absolute atomic E-state index is 10.4. The van der Waals surface area contributed by atoms with E-state index in [9.17, 15) is 5.26 Å². The van der Waals surface area contributed by atoms with Crippen LogP contribution < -0.4 is 0 Å². The van der Waals surface area contributed by atoms with Gasteiger partial charge >= 0.3 is 0 Å². The lowest BCUT2D eigenvalue weighted by molar-refractivity contribution is 0.727. The molecule has 0 spiro atoms. The average Bonchev–Trinajstić information content (AvgIpc) is 3.18. The highest BCUT2D eigenvalue weighted by molar-refractivity contribution is 6.04. The van der Waals surface area contributed by atoms with Gasteiger partial charge in [-0.05, 0) is 50.8 Å². The van der Waals surface area contributed by atoms with Crippen LogP contribution in [0.3, 0.4) is 0 Å². The molecule has 0 radical (unpaired) electrons. The Morgan fingerprint density at radius 3 is 2.12 bits per heavy atom. The second-order valence-electron chi connectivity index (χ2n) is 8.76. The van der Waals surface area contributed by atoms with Crippen molar-refractivity contribution in [2.24, 2.45) is 0 Å². The molecule has 0 fully saturated rings. The van der Waals surface area contributed by atoms with Crippen molar-refractivity contribution in [2.45, 2.75) is 11.8 Å². The van der Waals surface area contributed by atoms with Crippen molar-refractivity contribution in [3.8, 4) is 17.2 Å². The lowest BCUT2D eigenvalue weighted by Crippen LogP contribution is -2.34. The van der Waals surface area contributed by atoms with Crippen molar-refractivity contribution >= 4 is 10.8 Å². The summed E-state index contributed by atoms with van der Waals surface area (Å²) in [6.07, 6.45) is 0.882. The fourth-order valence-corrected chi connectivity index (χ4v) is 6.31. The maximum Gasteiger partial charge on any atom is 0.100 e. The minimum atomic E-state index is -0.410. The van der Waals surface area contributed by atoms with E-state index >= 15 is 0 Å². The van der Waals surface area contributed by atoms with Crippen LogP contribution in [-0.4, -0.2) is 0 Å². The van der Waals surface area contributed by atoms with Crippen molar-refractivity contribution in [3.63, 3.8) is 0 Å². The Morgan fingerprint density at radius 1 is 0.656 bits per heavy atom. The number of nitriles is 1. The van der Waals surface area contributed by atoms with E-state index in [1.54, 1.807) is 0 Å².